The minimum Gasteiger partial charge on any atom is -0.497 e. The first kappa shape index (κ1) is 17.8. The number of aromatic nitrogens is 2. The summed E-state index contributed by atoms with van der Waals surface area (Å²) in [7, 11) is 1.53. The Balaban J connectivity index is 1.87. The Kier molecular flexibility index (Phi) is 4.93. The van der Waals surface area contributed by atoms with E-state index in [1.165, 1.54) is 48.2 Å². The first-order valence-electron chi connectivity index (χ1n) is 7.74. The number of hydrogen-bond donors (Lipinski definition) is 1. The highest BCUT2D eigenvalue weighted by atomic mass is 16.6. The number of H-pyrrole nitrogens is 1. The minimum absolute atomic E-state index is 0.0536. The van der Waals surface area contributed by atoms with Gasteiger partial charge in [-0.1, -0.05) is 6.08 Å². The highest BCUT2D eigenvalue weighted by Crippen LogP contribution is 2.13. The van der Waals surface area contributed by atoms with Gasteiger partial charge in [0, 0.05) is 24.3 Å². The van der Waals surface area contributed by atoms with Crippen molar-refractivity contribution in [3.05, 3.63) is 86.4 Å². The number of nitrogens with zero attached hydrogens (tertiary/aromatic N) is 2. The third-order valence-electron chi connectivity index (χ3n) is 3.74. The van der Waals surface area contributed by atoms with E-state index in [4.69, 9.17) is 9.26 Å². The van der Waals surface area contributed by atoms with Crippen molar-refractivity contribution in [2.75, 3.05) is 7.11 Å². The predicted molar refractivity (Wildman–Crippen MR) is 93.9 cm³/mol. The second-order valence-corrected chi connectivity index (χ2v) is 5.41. The zero-order chi connectivity index (χ0) is 19.4. The molecule has 9 nitrogen and oxygen atoms in total. The number of carbonyl (C=O) groups excluding carboxylic acids is 1. The zero-order valence-corrected chi connectivity index (χ0v) is 14.1. The number of allylic oxidation sites excluding steroid dienone is 1. The lowest BCUT2D eigenvalue weighted by molar-refractivity contribution is -0.672. The van der Waals surface area contributed by atoms with E-state index < -0.39 is 16.3 Å². The molecule has 0 aliphatic rings. The van der Waals surface area contributed by atoms with Crippen LogP contribution in [0.15, 0.2) is 63.9 Å². The Morgan fingerprint density at radius 2 is 1.85 bits per heavy atom. The summed E-state index contributed by atoms with van der Waals surface area (Å²) >= 11 is 0. The van der Waals surface area contributed by atoms with Crippen LogP contribution in [0.1, 0.15) is 16.1 Å². The average molecular weight is 368 g/mol. The Labute approximate surface area is 152 Å². The molecule has 27 heavy (non-hydrogen) atoms. The summed E-state index contributed by atoms with van der Waals surface area (Å²) in [6.45, 7) is 0. The molecule has 0 amide bonds. The molecule has 1 aromatic heterocycles. The molecular formula is C18H14N3O6+. The van der Waals surface area contributed by atoms with Crippen molar-refractivity contribution < 1.29 is 23.7 Å². The molecule has 0 atom stereocenters. The maximum Gasteiger partial charge on any atom is 0.439 e. The molecule has 0 saturated carbocycles. The van der Waals surface area contributed by atoms with Gasteiger partial charge in [-0.05, 0) is 45.9 Å². The Morgan fingerprint density at radius 1 is 1.19 bits per heavy atom. The summed E-state index contributed by atoms with van der Waals surface area (Å²) in [5, 5.41) is 13.0. The molecule has 0 aliphatic carbocycles. The third kappa shape index (κ3) is 3.82. The molecule has 0 radical (unpaired) electrons. The predicted octanol–water partition coefficient (Wildman–Crippen LogP) is 2.06. The largest absolute Gasteiger partial charge is 0.497 e. The first-order valence-corrected chi connectivity index (χ1v) is 7.74. The number of ether oxygens (including phenoxy) is 1. The van der Waals surface area contributed by atoms with Crippen LogP contribution >= 0.6 is 0 Å². The standard InChI is InChI=1S/C18H13N3O6/c1-26-15-9-7-13(8-10-15)20-17(18(23)27-19-20)16(22)11-4-12-2-5-14(6-3-12)21(24)25/h2-11H,1H3/p+1/b11-4+. The molecule has 0 aliphatic heterocycles. The van der Waals surface area contributed by atoms with Crippen LogP contribution in [0, 0.1) is 10.1 Å². The van der Waals surface area contributed by atoms with Crippen molar-refractivity contribution in [2.45, 2.75) is 0 Å². The van der Waals surface area contributed by atoms with Gasteiger partial charge in [0.15, 0.2) is 0 Å². The zero-order valence-electron chi connectivity index (χ0n) is 14.1. The van der Waals surface area contributed by atoms with E-state index >= 15 is 0 Å². The van der Waals surface area contributed by atoms with Crippen molar-refractivity contribution in [3.8, 4) is 11.4 Å². The SMILES string of the molecule is COc1ccc(-[n+]2[nH]oc(=O)c2C(=O)/C=C/c2ccc([N+](=O)[O-])cc2)cc1. The number of carbonyl (C=O) groups is 1. The Bertz CT molecular complexity index is 1060. The second kappa shape index (κ2) is 7.48. The topological polar surface area (TPSA) is 119 Å². The molecule has 0 bridgehead atoms. The number of nitrogens with one attached hydrogen (secondary N) is 1. The van der Waals surface area contributed by atoms with Gasteiger partial charge in [-0.3, -0.25) is 19.4 Å². The van der Waals surface area contributed by atoms with Crippen LogP contribution in [0.4, 0.5) is 5.69 Å². The number of rotatable bonds is 6. The van der Waals surface area contributed by atoms with E-state index in [2.05, 4.69) is 5.27 Å². The summed E-state index contributed by atoms with van der Waals surface area (Å²) in [6.07, 6.45) is 2.65. The van der Waals surface area contributed by atoms with Crippen molar-refractivity contribution in [3.63, 3.8) is 0 Å². The van der Waals surface area contributed by atoms with E-state index in [-0.39, 0.29) is 11.4 Å². The lowest BCUT2D eigenvalue weighted by Crippen LogP contribution is -2.40. The van der Waals surface area contributed by atoms with Crippen molar-refractivity contribution in [1.82, 2.24) is 5.27 Å². The van der Waals surface area contributed by atoms with E-state index in [1.54, 1.807) is 24.3 Å². The van der Waals surface area contributed by atoms with Gasteiger partial charge < -0.3 is 4.74 Å². The fourth-order valence-corrected chi connectivity index (χ4v) is 2.35. The number of benzene rings is 2. The Hall–Kier alpha value is -4.01. The van der Waals surface area contributed by atoms with Crippen LogP contribution in [-0.2, 0) is 0 Å². The van der Waals surface area contributed by atoms with Gasteiger partial charge in [-0.2, -0.15) is 0 Å². The van der Waals surface area contributed by atoms with Gasteiger partial charge >= 0.3 is 11.3 Å². The molecule has 136 valence electrons. The highest BCUT2D eigenvalue weighted by Gasteiger charge is 2.28. The quantitative estimate of drug-likeness (QED) is 0.234. The van der Waals surface area contributed by atoms with Crippen molar-refractivity contribution in [2.24, 2.45) is 0 Å². The van der Waals surface area contributed by atoms with Gasteiger partial charge in [0.2, 0.25) is 5.69 Å². The van der Waals surface area contributed by atoms with Gasteiger partial charge in [-0.15, -0.1) is 0 Å². The summed E-state index contributed by atoms with van der Waals surface area (Å²) in [5.41, 5.74) is 0.00297. The average Bonchev–Trinajstić information content (AvgIpc) is 3.08. The number of nitro benzene ring substituents is 1. The van der Waals surface area contributed by atoms with Gasteiger partial charge in [0.1, 0.15) is 5.75 Å². The van der Waals surface area contributed by atoms with Gasteiger partial charge in [0.25, 0.3) is 11.5 Å². The fourth-order valence-electron chi connectivity index (χ4n) is 2.35. The van der Waals surface area contributed by atoms with Crippen LogP contribution in [0.5, 0.6) is 5.75 Å². The summed E-state index contributed by atoms with van der Waals surface area (Å²) in [5.74, 6) is 0.0373. The number of methoxy groups -OCH3 is 1. The molecule has 0 saturated heterocycles. The van der Waals surface area contributed by atoms with Crippen LogP contribution in [0.2, 0.25) is 0 Å². The molecule has 0 spiro atoms. The van der Waals surface area contributed by atoms with E-state index in [9.17, 15) is 19.7 Å². The van der Waals surface area contributed by atoms with Gasteiger partial charge in [0.05, 0.1) is 12.0 Å². The molecule has 1 heterocycles. The molecular weight excluding hydrogens is 354 g/mol. The molecule has 2 aromatic carbocycles. The highest BCUT2D eigenvalue weighted by molar-refractivity contribution is 6.04. The molecule has 3 rings (SSSR count). The lowest BCUT2D eigenvalue weighted by Gasteiger charge is -1.97. The normalized spacial score (nSPS) is 10.9. The molecule has 3 aromatic rings. The van der Waals surface area contributed by atoms with Crippen LogP contribution < -0.4 is 15.0 Å². The fraction of sp³-hybridized carbons (Fsp3) is 0.0556. The smallest absolute Gasteiger partial charge is 0.439 e. The van der Waals surface area contributed by atoms with E-state index in [0.717, 1.165) is 0 Å². The van der Waals surface area contributed by atoms with Gasteiger partial charge in [-0.25, -0.2) is 4.79 Å². The number of nitro groups is 1. The second-order valence-electron chi connectivity index (χ2n) is 5.41. The third-order valence-corrected chi connectivity index (χ3v) is 3.74. The van der Waals surface area contributed by atoms with Crippen LogP contribution in [0.25, 0.3) is 11.8 Å². The summed E-state index contributed by atoms with van der Waals surface area (Å²) in [6, 6.07) is 12.3. The van der Waals surface area contributed by atoms with E-state index in [1.807, 2.05) is 0 Å². The van der Waals surface area contributed by atoms with Crippen LogP contribution in [-0.4, -0.2) is 23.1 Å². The lowest BCUT2D eigenvalue weighted by atomic mass is 10.1. The van der Waals surface area contributed by atoms with Crippen LogP contribution in [0.3, 0.4) is 0 Å². The van der Waals surface area contributed by atoms with Crippen molar-refractivity contribution in [1.29, 1.82) is 0 Å². The Morgan fingerprint density at radius 3 is 2.44 bits per heavy atom. The maximum atomic E-state index is 12.5. The summed E-state index contributed by atoms with van der Waals surface area (Å²) < 4.78 is 11.0. The van der Waals surface area contributed by atoms with Crippen molar-refractivity contribution >= 4 is 17.5 Å². The number of aromatic amines is 1. The molecule has 0 fully saturated rings. The van der Waals surface area contributed by atoms with E-state index in [0.29, 0.717) is 17.0 Å². The maximum absolute atomic E-state index is 12.5. The monoisotopic (exact) mass is 368 g/mol. The minimum atomic E-state index is -0.816. The summed E-state index contributed by atoms with van der Waals surface area (Å²) in [4.78, 5) is 34.6. The number of ketones is 1. The number of non-ortho nitro benzene ring substituents is 1. The molecule has 0 unspecified atom stereocenters. The molecule has 9 heteroatoms. The molecule has 1 N–H and O–H groups in total. The first-order chi connectivity index (χ1) is 13.0. The number of hydrogen-bond acceptors (Lipinski definition) is 6.